The highest BCUT2D eigenvalue weighted by Gasteiger charge is 2.35. The first kappa shape index (κ1) is 16.3. The number of rotatable bonds is 5. The van der Waals surface area contributed by atoms with Crippen molar-refractivity contribution in [1.29, 1.82) is 0 Å². The fourth-order valence-electron chi connectivity index (χ4n) is 3.08. The number of nitrogens with one attached hydrogen (secondary N) is 1. The van der Waals surface area contributed by atoms with Crippen molar-refractivity contribution in [2.45, 2.75) is 39.5 Å². The van der Waals surface area contributed by atoms with Gasteiger partial charge < -0.3 is 4.90 Å². The average Bonchev–Trinajstić information content (AvgIpc) is 3.28. The van der Waals surface area contributed by atoms with Crippen LogP contribution in [0.4, 0.5) is 11.4 Å². The summed E-state index contributed by atoms with van der Waals surface area (Å²) in [6.07, 6.45) is 3.85. The van der Waals surface area contributed by atoms with Crippen molar-refractivity contribution in [3.05, 3.63) is 23.8 Å². The molecule has 1 saturated carbocycles. The summed E-state index contributed by atoms with van der Waals surface area (Å²) in [5, 5.41) is 0. The Hall–Kier alpha value is -1.56. The van der Waals surface area contributed by atoms with Gasteiger partial charge in [-0.3, -0.25) is 9.52 Å². The fraction of sp³-hybridized carbons (Fsp3) is 0.588. The Morgan fingerprint density at radius 3 is 2.74 bits per heavy atom. The van der Waals surface area contributed by atoms with E-state index in [9.17, 15) is 13.2 Å². The highest BCUT2D eigenvalue weighted by atomic mass is 32.2. The van der Waals surface area contributed by atoms with Crippen molar-refractivity contribution in [3.8, 4) is 0 Å². The van der Waals surface area contributed by atoms with Crippen molar-refractivity contribution in [3.63, 3.8) is 0 Å². The molecule has 1 aliphatic carbocycles. The van der Waals surface area contributed by atoms with Crippen LogP contribution in [0.25, 0.3) is 0 Å². The summed E-state index contributed by atoms with van der Waals surface area (Å²) in [5.74, 6) is 0.517. The largest absolute Gasteiger partial charge is 0.312 e. The number of fused-ring (bicyclic) bond motifs is 1. The molecule has 3 rings (SSSR count). The SMILES string of the molecule is CC(C)CS(=O)(=O)Nc1ccc2c(c1)N(C(=O)C1CC1)CCC2. The van der Waals surface area contributed by atoms with Gasteiger partial charge in [-0.1, -0.05) is 19.9 Å². The average molecular weight is 336 g/mol. The lowest BCUT2D eigenvalue weighted by atomic mass is 10.0. The van der Waals surface area contributed by atoms with Gasteiger partial charge in [0.2, 0.25) is 15.9 Å². The van der Waals surface area contributed by atoms with Gasteiger partial charge in [0, 0.05) is 18.2 Å². The Morgan fingerprint density at radius 1 is 1.35 bits per heavy atom. The highest BCUT2D eigenvalue weighted by molar-refractivity contribution is 7.92. The van der Waals surface area contributed by atoms with Gasteiger partial charge in [0.15, 0.2) is 0 Å². The van der Waals surface area contributed by atoms with E-state index in [2.05, 4.69) is 4.72 Å². The molecule has 1 heterocycles. The monoisotopic (exact) mass is 336 g/mol. The molecule has 0 atom stereocenters. The molecular formula is C17H24N2O3S. The molecule has 1 aromatic rings. The standard InChI is InChI=1S/C17H24N2O3S/c1-12(2)11-23(21,22)18-15-8-7-13-4-3-9-19(16(13)10-15)17(20)14-5-6-14/h7-8,10,12,14,18H,3-6,9,11H2,1-2H3. The molecule has 0 radical (unpaired) electrons. The van der Waals surface area contributed by atoms with E-state index in [1.54, 1.807) is 6.07 Å². The quantitative estimate of drug-likeness (QED) is 0.899. The molecule has 1 fully saturated rings. The molecule has 0 spiro atoms. The molecule has 0 aromatic heterocycles. The summed E-state index contributed by atoms with van der Waals surface area (Å²) in [6, 6.07) is 5.54. The first-order valence-electron chi connectivity index (χ1n) is 8.30. The van der Waals surface area contributed by atoms with E-state index >= 15 is 0 Å². The van der Waals surface area contributed by atoms with Gasteiger partial charge in [-0.2, -0.15) is 0 Å². The molecule has 1 aromatic carbocycles. The van der Waals surface area contributed by atoms with Gasteiger partial charge in [0.1, 0.15) is 0 Å². The summed E-state index contributed by atoms with van der Waals surface area (Å²) in [4.78, 5) is 14.3. The van der Waals surface area contributed by atoms with Gasteiger partial charge in [-0.25, -0.2) is 8.42 Å². The van der Waals surface area contributed by atoms with Crippen LogP contribution in [0.15, 0.2) is 18.2 Å². The number of amides is 1. The number of aryl methyl sites for hydroxylation is 1. The minimum absolute atomic E-state index is 0.0677. The first-order chi connectivity index (χ1) is 10.9. The number of nitrogens with zero attached hydrogens (tertiary/aromatic N) is 1. The van der Waals surface area contributed by atoms with E-state index in [0.29, 0.717) is 5.69 Å². The summed E-state index contributed by atoms with van der Waals surface area (Å²) in [6.45, 7) is 4.48. The molecule has 2 aliphatic rings. The van der Waals surface area contributed by atoms with Crippen LogP contribution < -0.4 is 9.62 Å². The third-order valence-electron chi connectivity index (χ3n) is 4.22. The number of hydrogen-bond donors (Lipinski definition) is 1. The Labute approximate surface area is 138 Å². The van der Waals surface area contributed by atoms with Crippen molar-refractivity contribution in [1.82, 2.24) is 0 Å². The highest BCUT2D eigenvalue weighted by Crippen LogP contribution is 2.37. The van der Waals surface area contributed by atoms with E-state index in [1.165, 1.54) is 0 Å². The molecule has 23 heavy (non-hydrogen) atoms. The Morgan fingerprint density at radius 2 is 2.09 bits per heavy atom. The van der Waals surface area contributed by atoms with Gasteiger partial charge in [0.05, 0.1) is 11.4 Å². The Balaban J connectivity index is 1.85. The maximum absolute atomic E-state index is 12.5. The summed E-state index contributed by atoms with van der Waals surface area (Å²) < 4.78 is 26.9. The van der Waals surface area contributed by atoms with Crippen LogP contribution in [0, 0.1) is 11.8 Å². The lowest BCUT2D eigenvalue weighted by molar-refractivity contribution is -0.119. The van der Waals surface area contributed by atoms with Crippen LogP contribution in [0.3, 0.4) is 0 Å². The van der Waals surface area contributed by atoms with Crippen LogP contribution in [0.2, 0.25) is 0 Å². The molecular weight excluding hydrogens is 312 g/mol. The summed E-state index contributed by atoms with van der Waals surface area (Å²) in [7, 11) is -3.36. The summed E-state index contributed by atoms with van der Waals surface area (Å²) >= 11 is 0. The lowest BCUT2D eigenvalue weighted by Crippen LogP contribution is -2.36. The zero-order valence-corrected chi connectivity index (χ0v) is 14.5. The van der Waals surface area contributed by atoms with Crippen LogP contribution in [-0.4, -0.2) is 26.6 Å². The van der Waals surface area contributed by atoms with E-state index in [4.69, 9.17) is 0 Å². The van der Waals surface area contributed by atoms with Crippen LogP contribution in [0.1, 0.15) is 38.7 Å². The zero-order chi connectivity index (χ0) is 16.6. The second-order valence-electron chi connectivity index (χ2n) is 6.99. The van der Waals surface area contributed by atoms with Crippen molar-refractivity contribution in [2.75, 3.05) is 21.9 Å². The number of benzene rings is 1. The summed E-state index contributed by atoms with van der Waals surface area (Å²) in [5.41, 5.74) is 2.54. The minimum Gasteiger partial charge on any atom is -0.312 e. The van der Waals surface area contributed by atoms with Crippen molar-refractivity contribution >= 4 is 27.3 Å². The fourth-order valence-corrected chi connectivity index (χ4v) is 4.52. The van der Waals surface area contributed by atoms with Gasteiger partial charge in [-0.15, -0.1) is 0 Å². The molecule has 1 aliphatic heterocycles. The third kappa shape index (κ3) is 3.86. The predicted molar refractivity (Wildman–Crippen MR) is 92.1 cm³/mol. The molecule has 0 unspecified atom stereocenters. The van der Waals surface area contributed by atoms with Crippen LogP contribution >= 0.6 is 0 Å². The third-order valence-corrected chi connectivity index (χ3v) is 5.87. The predicted octanol–water partition coefficient (Wildman–Crippen LogP) is 2.77. The van der Waals surface area contributed by atoms with E-state index in [1.807, 2.05) is 30.9 Å². The zero-order valence-electron chi connectivity index (χ0n) is 13.7. The van der Waals surface area contributed by atoms with Gasteiger partial charge in [-0.05, 0) is 49.3 Å². The van der Waals surface area contributed by atoms with Gasteiger partial charge >= 0.3 is 0 Å². The second-order valence-corrected chi connectivity index (χ2v) is 8.76. The molecule has 1 amide bonds. The molecule has 0 bridgehead atoms. The Bertz CT molecular complexity index is 709. The normalized spacial score (nSPS) is 18.0. The maximum atomic E-state index is 12.5. The van der Waals surface area contributed by atoms with E-state index in [-0.39, 0.29) is 23.5 Å². The second kappa shape index (κ2) is 6.15. The smallest absolute Gasteiger partial charge is 0.232 e. The number of hydrogen-bond acceptors (Lipinski definition) is 3. The number of carbonyl (C=O) groups excluding carboxylic acids is 1. The Kier molecular flexibility index (Phi) is 4.36. The molecule has 5 nitrogen and oxygen atoms in total. The topological polar surface area (TPSA) is 66.5 Å². The van der Waals surface area contributed by atoms with E-state index < -0.39 is 10.0 Å². The maximum Gasteiger partial charge on any atom is 0.232 e. The van der Waals surface area contributed by atoms with E-state index in [0.717, 1.165) is 43.5 Å². The van der Waals surface area contributed by atoms with Crippen molar-refractivity contribution in [2.24, 2.45) is 11.8 Å². The van der Waals surface area contributed by atoms with Crippen molar-refractivity contribution < 1.29 is 13.2 Å². The van der Waals surface area contributed by atoms with Crippen LogP contribution in [-0.2, 0) is 21.2 Å². The molecule has 6 heteroatoms. The number of carbonyl (C=O) groups is 1. The molecule has 126 valence electrons. The molecule has 0 saturated heterocycles. The number of sulfonamides is 1. The minimum atomic E-state index is -3.36. The van der Waals surface area contributed by atoms with Gasteiger partial charge in [0.25, 0.3) is 0 Å². The first-order valence-corrected chi connectivity index (χ1v) is 9.96. The molecule has 1 N–H and O–H groups in total. The number of anilines is 2. The van der Waals surface area contributed by atoms with Crippen LogP contribution in [0.5, 0.6) is 0 Å². The lowest BCUT2D eigenvalue weighted by Gasteiger charge is -2.30.